The number of aromatic nitrogens is 3. The second kappa shape index (κ2) is 6.41. The normalized spacial score (nSPS) is 10.7. The highest BCUT2D eigenvalue weighted by Crippen LogP contribution is 2.33. The molecule has 0 unspecified atom stereocenters. The van der Waals surface area contributed by atoms with Crippen molar-refractivity contribution in [3.05, 3.63) is 64.6 Å². The number of nitriles is 1. The van der Waals surface area contributed by atoms with E-state index in [0.29, 0.717) is 16.8 Å². The first-order valence-corrected chi connectivity index (χ1v) is 8.13. The summed E-state index contributed by atoms with van der Waals surface area (Å²) < 4.78 is 0. The molecule has 0 spiro atoms. The number of aromatic amines is 1. The molecule has 8 heteroatoms. The molecule has 4 N–H and O–H groups in total. The summed E-state index contributed by atoms with van der Waals surface area (Å²) in [5.41, 5.74) is 1.35. The summed E-state index contributed by atoms with van der Waals surface area (Å²) in [6.45, 7) is 0. The second-order valence-corrected chi connectivity index (χ2v) is 6.02. The van der Waals surface area contributed by atoms with Gasteiger partial charge in [0.2, 0.25) is 0 Å². The predicted octanol–water partition coefficient (Wildman–Crippen LogP) is 2.64. The van der Waals surface area contributed by atoms with Crippen LogP contribution in [0.15, 0.2) is 53.5 Å². The average molecular weight is 372 g/mol. The first-order chi connectivity index (χ1) is 13.5. The molecule has 2 aromatic carbocycles. The van der Waals surface area contributed by atoms with Crippen molar-refractivity contribution in [2.75, 3.05) is 0 Å². The van der Waals surface area contributed by atoms with Crippen LogP contribution in [0.2, 0.25) is 0 Å². The van der Waals surface area contributed by atoms with Crippen LogP contribution in [-0.4, -0.2) is 30.3 Å². The van der Waals surface area contributed by atoms with Crippen LogP contribution in [0, 0.1) is 11.3 Å². The van der Waals surface area contributed by atoms with Crippen molar-refractivity contribution in [3.63, 3.8) is 0 Å². The molecule has 0 atom stereocenters. The highest BCUT2D eigenvalue weighted by atomic mass is 16.3. The van der Waals surface area contributed by atoms with E-state index >= 15 is 0 Å². The van der Waals surface area contributed by atoms with Gasteiger partial charge in [0.15, 0.2) is 17.0 Å². The maximum absolute atomic E-state index is 11.7. The van der Waals surface area contributed by atoms with E-state index in [0.717, 1.165) is 5.56 Å². The minimum absolute atomic E-state index is 0.0221. The molecule has 136 valence electrons. The maximum atomic E-state index is 11.7. The quantitative estimate of drug-likeness (QED) is 0.423. The van der Waals surface area contributed by atoms with Crippen LogP contribution in [0.3, 0.4) is 0 Å². The number of H-pyrrole nitrogens is 1. The fourth-order valence-corrected chi connectivity index (χ4v) is 2.87. The van der Waals surface area contributed by atoms with Crippen molar-refractivity contribution in [1.29, 1.82) is 5.26 Å². The number of fused-ring (bicyclic) bond motifs is 1. The van der Waals surface area contributed by atoms with E-state index in [-0.39, 0.29) is 22.7 Å². The van der Waals surface area contributed by atoms with Crippen molar-refractivity contribution < 1.29 is 15.3 Å². The van der Waals surface area contributed by atoms with Gasteiger partial charge in [-0.2, -0.15) is 5.26 Å². The van der Waals surface area contributed by atoms with Gasteiger partial charge in [0.25, 0.3) is 5.56 Å². The van der Waals surface area contributed by atoms with Crippen LogP contribution < -0.4 is 5.56 Å². The second-order valence-electron chi connectivity index (χ2n) is 6.02. The number of phenolic OH excluding ortho intramolecular Hbond substituents is 2. The van der Waals surface area contributed by atoms with Crippen LogP contribution >= 0.6 is 0 Å². The van der Waals surface area contributed by atoms with Crippen molar-refractivity contribution >= 4 is 11.2 Å². The molecule has 4 aromatic rings. The smallest absolute Gasteiger partial charge is 0.271 e. The molecule has 28 heavy (non-hydrogen) atoms. The Bertz CT molecular complexity index is 1320. The monoisotopic (exact) mass is 372 g/mol. The number of hydrogen-bond donors (Lipinski definition) is 4. The SMILES string of the molecule is N#Cc1c(O)c2nc(-c3ccc(-c4ccc(O)cc4O)cc3)cnc2[nH]c1=O. The van der Waals surface area contributed by atoms with Crippen LogP contribution in [0.4, 0.5) is 0 Å². The van der Waals surface area contributed by atoms with Gasteiger partial charge in [0.05, 0.1) is 11.9 Å². The number of rotatable bonds is 2. The minimum Gasteiger partial charge on any atom is -0.508 e. The molecule has 0 bridgehead atoms. The third-order valence-corrected chi connectivity index (χ3v) is 4.28. The van der Waals surface area contributed by atoms with E-state index < -0.39 is 16.9 Å². The van der Waals surface area contributed by atoms with Gasteiger partial charge in [0, 0.05) is 17.2 Å². The number of hydrogen-bond acceptors (Lipinski definition) is 7. The van der Waals surface area contributed by atoms with Gasteiger partial charge in [-0.1, -0.05) is 24.3 Å². The molecule has 2 aromatic heterocycles. The van der Waals surface area contributed by atoms with E-state index in [2.05, 4.69) is 15.0 Å². The van der Waals surface area contributed by atoms with Crippen molar-refractivity contribution in [2.24, 2.45) is 0 Å². The Labute approximate surface area is 157 Å². The van der Waals surface area contributed by atoms with Gasteiger partial charge in [-0.15, -0.1) is 0 Å². The Morgan fingerprint density at radius 2 is 1.71 bits per heavy atom. The fraction of sp³-hybridized carbons (Fsp3) is 0. The molecule has 0 aliphatic carbocycles. The van der Waals surface area contributed by atoms with Gasteiger partial charge in [-0.3, -0.25) is 4.79 Å². The fourth-order valence-electron chi connectivity index (χ4n) is 2.87. The molecule has 2 heterocycles. The van der Waals surface area contributed by atoms with Gasteiger partial charge in [-0.25, -0.2) is 9.97 Å². The molecule has 0 amide bonds. The zero-order chi connectivity index (χ0) is 19.8. The minimum atomic E-state index is -0.729. The Hall–Kier alpha value is -4.38. The van der Waals surface area contributed by atoms with Crippen LogP contribution in [0.25, 0.3) is 33.5 Å². The zero-order valence-electron chi connectivity index (χ0n) is 14.2. The van der Waals surface area contributed by atoms with Gasteiger partial charge >= 0.3 is 0 Å². The molecule has 0 saturated heterocycles. The average Bonchev–Trinajstić information content (AvgIpc) is 2.68. The largest absolute Gasteiger partial charge is 0.508 e. The molecule has 0 radical (unpaired) electrons. The van der Waals surface area contributed by atoms with Crippen LogP contribution in [0.5, 0.6) is 17.2 Å². The molecular weight excluding hydrogens is 360 g/mol. The summed E-state index contributed by atoms with van der Waals surface area (Å²) in [5, 5.41) is 38.6. The Kier molecular flexibility index (Phi) is 3.90. The lowest BCUT2D eigenvalue weighted by Gasteiger charge is -2.08. The number of pyridine rings is 1. The van der Waals surface area contributed by atoms with E-state index in [4.69, 9.17) is 5.26 Å². The van der Waals surface area contributed by atoms with Gasteiger partial charge in [0.1, 0.15) is 23.1 Å². The van der Waals surface area contributed by atoms with E-state index in [1.807, 2.05) is 0 Å². The molecular formula is C20H12N4O4. The van der Waals surface area contributed by atoms with E-state index in [1.165, 1.54) is 18.3 Å². The Morgan fingerprint density at radius 3 is 2.39 bits per heavy atom. The Balaban J connectivity index is 1.78. The summed E-state index contributed by atoms with van der Waals surface area (Å²) in [6, 6.07) is 13.0. The summed E-state index contributed by atoms with van der Waals surface area (Å²) in [4.78, 5) is 22.5. The number of phenols is 2. The zero-order valence-corrected chi connectivity index (χ0v) is 14.2. The third-order valence-electron chi connectivity index (χ3n) is 4.28. The number of aromatic hydroxyl groups is 3. The van der Waals surface area contributed by atoms with E-state index in [9.17, 15) is 20.1 Å². The summed E-state index contributed by atoms with van der Waals surface area (Å²) in [7, 11) is 0. The molecule has 8 nitrogen and oxygen atoms in total. The van der Waals surface area contributed by atoms with E-state index in [1.54, 1.807) is 36.4 Å². The highest BCUT2D eigenvalue weighted by Gasteiger charge is 2.15. The van der Waals surface area contributed by atoms with Crippen LogP contribution in [-0.2, 0) is 0 Å². The summed E-state index contributed by atoms with van der Waals surface area (Å²) >= 11 is 0. The van der Waals surface area contributed by atoms with Crippen molar-refractivity contribution in [1.82, 2.24) is 15.0 Å². The molecule has 0 fully saturated rings. The van der Waals surface area contributed by atoms with Crippen molar-refractivity contribution in [2.45, 2.75) is 0 Å². The van der Waals surface area contributed by atoms with Crippen LogP contribution in [0.1, 0.15) is 5.56 Å². The Morgan fingerprint density at radius 1 is 1.00 bits per heavy atom. The lowest BCUT2D eigenvalue weighted by atomic mass is 10.0. The number of nitrogens with one attached hydrogen (secondary N) is 1. The first kappa shape index (κ1) is 17.1. The standard InChI is InChI=1S/C20H12N4O4/c21-8-14-18(27)17-19(24-20(14)28)22-9-15(23-17)11-3-1-10(2-4-11)13-6-5-12(25)7-16(13)26/h1-7,9,25-26H,(H2,22,24,27,28). The molecule has 4 rings (SSSR count). The lowest BCUT2D eigenvalue weighted by molar-refractivity contribution is 0.452. The first-order valence-electron chi connectivity index (χ1n) is 8.13. The molecule has 0 saturated carbocycles. The third kappa shape index (κ3) is 2.77. The van der Waals surface area contributed by atoms with Gasteiger partial charge in [-0.05, 0) is 17.7 Å². The van der Waals surface area contributed by atoms with Crippen molar-refractivity contribution in [3.8, 4) is 45.7 Å². The molecule has 0 aliphatic heterocycles. The lowest BCUT2D eigenvalue weighted by Crippen LogP contribution is -2.11. The summed E-state index contributed by atoms with van der Waals surface area (Å²) in [6.07, 6.45) is 1.44. The van der Waals surface area contributed by atoms with Gasteiger partial charge < -0.3 is 20.3 Å². The predicted molar refractivity (Wildman–Crippen MR) is 101 cm³/mol. The summed E-state index contributed by atoms with van der Waals surface area (Å²) in [5.74, 6) is -0.587. The molecule has 0 aliphatic rings. The topological polar surface area (TPSA) is 143 Å². The number of benzene rings is 2. The number of nitrogens with zero attached hydrogens (tertiary/aromatic N) is 3. The maximum Gasteiger partial charge on any atom is 0.271 e. The highest BCUT2D eigenvalue weighted by molar-refractivity contribution is 5.82.